The number of anilines is 1. The normalized spacial score (nSPS) is 20.4. The molecule has 27 heavy (non-hydrogen) atoms. The van der Waals surface area contributed by atoms with Gasteiger partial charge in [-0.05, 0) is 69.7 Å². The molecule has 6 heteroatoms. The first kappa shape index (κ1) is 19.7. The molecule has 3 N–H and O–H groups in total. The average Bonchev–Trinajstić information content (AvgIpc) is 3.22. The Balaban J connectivity index is 1.50. The highest BCUT2D eigenvalue weighted by atomic mass is 16.2. The molecule has 2 saturated heterocycles. The predicted molar refractivity (Wildman–Crippen MR) is 108 cm³/mol. The molecule has 0 spiro atoms. The summed E-state index contributed by atoms with van der Waals surface area (Å²) in [6.45, 7) is 7.43. The number of nitrogens with zero attached hydrogens (tertiary/aromatic N) is 2. The number of carbonyl (C=O) groups excluding carboxylic acids is 2. The third kappa shape index (κ3) is 4.80. The third-order valence-electron chi connectivity index (χ3n) is 5.91. The molecular formula is C21H32N4O2. The number of carbonyl (C=O) groups is 2. The maximum absolute atomic E-state index is 12.6. The van der Waals surface area contributed by atoms with Crippen molar-refractivity contribution < 1.29 is 9.59 Å². The largest absolute Gasteiger partial charge is 0.372 e. The number of hydrogen-bond acceptors (Lipinski definition) is 4. The molecule has 0 bridgehead atoms. The number of likely N-dealkylation sites (tertiary alicyclic amines) is 1. The van der Waals surface area contributed by atoms with E-state index in [2.05, 4.69) is 17.1 Å². The summed E-state index contributed by atoms with van der Waals surface area (Å²) in [6, 6.07) is 7.57. The van der Waals surface area contributed by atoms with Gasteiger partial charge in [0.1, 0.15) is 0 Å². The van der Waals surface area contributed by atoms with Gasteiger partial charge in [0.05, 0.1) is 6.04 Å². The van der Waals surface area contributed by atoms with Crippen molar-refractivity contribution in [3.63, 3.8) is 0 Å². The van der Waals surface area contributed by atoms with E-state index in [4.69, 9.17) is 5.73 Å². The third-order valence-corrected chi connectivity index (χ3v) is 5.91. The van der Waals surface area contributed by atoms with Gasteiger partial charge in [0, 0.05) is 43.5 Å². The second-order valence-corrected chi connectivity index (χ2v) is 7.95. The van der Waals surface area contributed by atoms with Crippen molar-refractivity contribution in [1.82, 2.24) is 10.2 Å². The van der Waals surface area contributed by atoms with Crippen LogP contribution in [0.25, 0.3) is 0 Å². The minimum Gasteiger partial charge on any atom is -0.372 e. The highest BCUT2D eigenvalue weighted by Crippen LogP contribution is 2.23. The van der Waals surface area contributed by atoms with Crippen molar-refractivity contribution in [2.24, 2.45) is 11.7 Å². The maximum Gasteiger partial charge on any atom is 0.251 e. The van der Waals surface area contributed by atoms with Crippen molar-refractivity contribution >= 4 is 17.5 Å². The molecule has 1 aromatic carbocycles. The summed E-state index contributed by atoms with van der Waals surface area (Å²) in [4.78, 5) is 28.8. The Labute approximate surface area is 162 Å². The molecular weight excluding hydrogens is 340 g/mol. The van der Waals surface area contributed by atoms with Gasteiger partial charge in [-0.1, -0.05) is 0 Å². The fourth-order valence-corrected chi connectivity index (χ4v) is 4.11. The zero-order chi connectivity index (χ0) is 19.4. The van der Waals surface area contributed by atoms with Crippen LogP contribution in [0, 0.1) is 5.92 Å². The molecule has 0 aliphatic carbocycles. The maximum atomic E-state index is 12.6. The van der Waals surface area contributed by atoms with Crippen LogP contribution >= 0.6 is 0 Å². The van der Waals surface area contributed by atoms with E-state index in [0.29, 0.717) is 11.5 Å². The number of amides is 2. The summed E-state index contributed by atoms with van der Waals surface area (Å²) in [5.74, 6) is 0.378. The number of benzene rings is 1. The zero-order valence-electron chi connectivity index (χ0n) is 16.5. The molecule has 2 heterocycles. The van der Waals surface area contributed by atoms with Crippen LogP contribution < -0.4 is 16.0 Å². The Morgan fingerprint density at radius 1 is 1.04 bits per heavy atom. The Kier molecular flexibility index (Phi) is 6.37. The van der Waals surface area contributed by atoms with Crippen molar-refractivity contribution in [3.8, 4) is 0 Å². The summed E-state index contributed by atoms with van der Waals surface area (Å²) in [7, 11) is 0. The summed E-state index contributed by atoms with van der Waals surface area (Å²) < 4.78 is 0. The van der Waals surface area contributed by atoms with Gasteiger partial charge in [-0.15, -0.1) is 0 Å². The van der Waals surface area contributed by atoms with Gasteiger partial charge in [0.15, 0.2) is 0 Å². The second kappa shape index (κ2) is 8.74. The topological polar surface area (TPSA) is 78.7 Å². The molecule has 0 radical (unpaired) electrons. The first-order valence-corrected chi connectivity index (χ1v) is 10.2. The van der Waals surface area contributed by atoms with Gasteiger partial charge in [-0.25, -0.2) is 0 Å². The molecule has 2 aliphatic heterocycles. The van der Waals surface area contributed by atoms with Gasteiger partial charge in [-0.3, -0.25) is 9.59 Å². The van der Waals surface area contributed by atoms with Gasteiger partial charge in [-0.2, -0.15) is 0 Å². The van der Waals surface area contributed by atoms with E-state index in [9.17, 15) is 9.59 Å². The van der Waals surface area contributed by atoms with Crippen molar-refractivity contribution in [1.29, 1.82) is 0 Å². The minimum atomic E-state index is -0.442. The van der Waals surface area contributed by atoms with Crippen LogP contribution in [-0.4, -0.2) is 55.0 Å². The highest BCUT2D eigenvalue weighted by molar-refractivity contribution is 5.94. The number of nitrogens with two attached hydrogens (primary N) is 1. The lowest BCUT2D eigenvalue weighted by Gasteiger charge is -2.35. The van der Waals surface area contributed by atoms with Crippen molar-refractivity contribution in [2.75, 3.05) is 31.1 Å². The Bertz CT molecular complexity index is 645. The van der Waals surface area contributed by atoms with Crippen molar-refractivity contribution in [2.45, 2.75) is 51.6 Å². The van der Waals surface area contributed by atoms with E-state index in [1.54, 1.807) is 6.92 Å². The lowest BCUT2D eigenvalue weighted by molar-refractivity contribution is -0.133. The average molecular weight is 373 g/mol. The SMILES string of the molecule is CC(NC(=O)c1ccc(N2CCCC2)cc1)C1CCN(C(=O)[C@H](C)N)CC1. The fourth-order valence-electron chi connectivity index (χ4n) is 4.11. The fraction of sp³-hybridized carbons (Fsp3) is 0.619. The first-order valence-electron chi connectivity index (χ1n) is 10.2. The van der Waals surface area contributed by atoms with E-state index in [-0.39, 0.29) is 17.9 Å². The monoisotopic (exact) mass is 372 g/mol. The van der Waals surface area contributed by atoms with E-state index in [1.807, 2.05) is 29.2 Å². The molecule has 2 fully saturated rings. The molecule has 2 aliphatic rings. The van der Waals surface area contributed by atoms with E-state index >= 15 is 0 Å². The first-order chi connectivity index (χ1) is 13.0. The van der Waals surface area contributed by atoms with Crippen LogP contribution in [0.3, 0.4) is 0 Å². The molecule has 0 aromatic heterocycles. The van der Waals surface area contributed by atoms with Crippen LogP contribution in [0.5, 0.6) is 0 Å². The van der Waals surface area contributed by atoms with Crippen LogP contribution in [0.4, 0.5) is 5.69 Å². The number of hydrogen-bond donors (Lipinski definition) is 2. The zero-order valence-corrected chi connectivity index (χ0v) is 16.5. The summed E-state index contributed by atoms with van der Waals surface area (Å²) in [6.07, 6.45) is 4.28. The van der Waals surface area contributed by atoms with E-state index in [1.165, 1.54) is 18.5 Å². The Morgan fingerprint density at radius 3 is 2.19 bits per heavy atom. The van der Waals surface area contributed by atoms with Gasteiger partial charge in [0.25, 0.3) is 5.91 Å². The molecule has 148 valence electrons. The van der Waals surface area contributed by atoms with E-state index in [0.717, 1.165) is 39.0 Å². The Morgan fingerprint density at radius 2 is 1.63 bits per heavy atom. The summed E-state index contributed by atoms with van der Waals surface area (Å²) in [5, 5.41) is 3.14. The van der Waals surface area contributed by atoms with Crippen molar-refractivity contribution in [3.05, 3.63) is 29.8 Å². The lowest BCUT2D eigenvalue weighted by Crippen LogP contribution is -2.49. The number of piperidine rings is 1. The van der Waals surface area contributed by atoms with Crippen LogP contribution in [0.2, 0.25) is 0 Å². The van der Waals surface area contributed by atoms with Crippen LogP contribution in [0.1, 0.15) is 49.9 Å². The smallest absolute Gasteiger partial charge is 0.251 e. The summed E-state index contributed by atoms with van der Waals surface area (Å²) in [5.41, 5.74) is 7.59. The van der Waals surface area contributed by atoms with Gasteiger partial charge in [0.2, 0.25) is 5.91 Å². The minimum absolute atomic E-state index is 0.0169. The van der Waals surface area contributed by atoms with Gasteiger partial charge >= 0.3 is 0 Å². The molecule has 6 nitrogen and oxygen atoms in total. The van der Waals surface area contributed by atoms with Crippen LogP contribution in [-0.2, 0) is 4.79 Å². The molecule has 2 atom stereocenters. The highest BCUT2D eigenvalue weighted by Gasteiger charge is 2.28. The quantitative estimate of drug-likeness (QED) is 0.829. The second-order valence-electron chi connectivity index (χ2n) is 7.95. The van der Waals surface area contributed by atoms with Crippen LogP contribution in [0.15, 0.2) is 24.3 Å². The van der Waals surface area contributed by atoms with Gasteiger partial charge < -0.3 is 20.9 Å². The molecule has 0 saturated carbocycles. The predicted octanol–water partition coefficient (Wildman–Crippen LogP) is 1.99. The number of rotatable bonds is 5. The molecule has 3 rings (SSSR count). The molecule has 1 unspecified atom stereocenters. The molecule has 2 amide bonds. The Hall–Kier alpha value is -2.08. The number of nitrogens with one attached hydrogen (secondary N) is 1. The lowest BCUT2D eigenvalue weighted by atomic mass is 9.90. The standard InChI is InChI=1S/C21H32N4O2/c1-15(22)21(27)25-13-9-17(10-14-25)16(2)23-20(26)18-5-7-19(8-6-18)24-11-3-4-12-24/h5-8,15-17H,3-4,9-14,22H2,1-2H3,(H,23,26)/t15-,16?/m0/s1. The molecule has 1 aromatic rings. The van der Waals surface area contributed by atoms with E-state index < -0.39 is 6.04 Å². The summed E-state index contributed by atoms with van der Waals surface area (Å²) >= 11 is 0.